The molecule has 0 saturated heterocycles. The van der Waals surface area contributed by atoms with Gasteiger partial charge in [-0.2, -0.15) is 4.31 Å². The Labute approximate surface area is 214 Å². The largest absolute Gasteiger partial charge is 0.497 e. The molecule has 8 nitrogen and oxygen atoms in total. The van der Waals surface area contributed by atoms with Gasteiger partial charge in [0.25, 0.3) is 0 Å². The third kappa shape index (κ3) is 6.52. The fourth-order valence-corrected chi connectivity index (χ4v) is 6.21. The SMILES string of the molecule is COc1cc(C)c(S(=O)(=O)N(C)CC(=O)CCC(=O)N(C)Cc2ccc3c(c2)CCN(C)C3)c(C)c1. The van der Waals surface area contributed by atoms with E-state index in [2.05, 4.69) is 30.1 Å². The number of rotatable bonds is 10. The van der Waals surface area contributed by atoms with Crippen LogP contribution in [0.2, 0.25) is 0 Å². The fraction of sp³-hybridized carbons (Fsp3) is 0.481. The summed E-state index contributed by atoms with van der Waals surface area (Å²) in [7, 11) is 2.88. The Morgan fingerprint density at radius 3 is 2.33 bits per heavy atom. The molecule has 0 atom stereocenters. The molecule has 2 aromatic carbocycles. The highest BCUT2D eigenvalue weighted by Gasteiger charge is 2.27. The summed E-state index contributed by atoms with van der Waals surface area (Å²) < 4.78 is 32.5. The van der Waals surface area contributed by atoms with Crippen molar-refractivity contribution in [1.29, 1.82) is 0 Å². The highest BCUT2D eigenvalue weighted by atomic mass is 32.2. The van der Waals surface area contributed by atoms with Crippen LogP contribution in [-0.2, 0) is 39.1 Å². The van der Waals surface area contributed by atoms with Crippen molar-refractivity contribution in [3.8, 4) is 5.75 Å². The topological polar surface area (TPSA) is 87.2 Å². The lowest BCUT2D eigenvalue weighted by molar-refractivity contribution is -0.132. The summed E-state index contributed by atoms with van der Waals surface area (Å²) in [5, 5.41) is 0. The number of carbonyl (C=O) groups excluding carboxylic acids is 2. The number of hydrogen-bond donors (Lipinski definition) is 0. The van der Waals surface area contributed by atoms with Crippen molar-refractivity contribution in [3.05, 3.63) is 58.1 Å². The van der Waals surface area contributed by atoms with Crippen molar-refractivity contribution in [2.45, 2.75) is 51.1 Å². The zero-order valence-corrected chi connectivity index (χ0v) is 22.9. The Kier molecular flexibility index (Phi) is 8.92. The van der Waals surface area contributed by atoms with E-state index in [0.717, 1.165) is 29.4 Å². The number of methoxy groups -OCH3 is 1. The van der Waals surface area contributed by atoms with Gasteiger partial charge in [0.15, 0.2) is 0 Å². The Hall–Kier alpha value is -2.75. The van der Waals surface area contributed by atoms with Crippen LogP contribution in [0, 0.1) is 13.8 Å². The molecule has 0 radical (unpaired) electrons. The van der Waals surface area contributed by atoms with Gasteiger partial charge in [-0.15, -0.1) is 0 Å². The summed E-state index contributed by atoms with van der Waals surface area (Å²) >= 11 is 0. The van der Waals surface area contributed by atoms with E-state index in [-0.39, 0.29) is 36.0 Å². The third-order valence-electron chi connectivity index (χ3n) is 6.67. The van der Waals surface area contributed by atoms with Gasteiger partial charge >= 0.3 is 0 Å². The number of benzene rings is 2. The number of hydrogen-bond acceptors (Lipinski definition) is 6. The first kappa shape index (κ1) is 27.8. The number of ketones is 1. The smallest absolute Gasteiger partial charge is 0.243 e. The van der Waals surface area contributed by atoms with E-state index in [1.165, 1.54) is 25.3 Å². The predicted octanol–water partition coefficient (Wildman–Crippen LogP) is 2.93. The maximum atomic E-state index is 13.1. The van der Waals surface area contributed by atoms with Crippen LogP contribution in [-0.4, -0.2) is 75.6 Å². The third-order valence-corrected chi connectivity index (χ3v) is 8.78. The van der Waals surface area contributed by atoms with E-state index in [9.17, 15) is 18.0 Å². The molecular weight excluding hydrogens is 478 g/mol. The van der Waals surface area contributed by atoms with Gasteiger partial charge in [-0.3, -0.25) is 9.59 Å². The van der Waals surface area contributed by atoms with Crippen LogP contribution in [0.1, 0.15) is 40.7 Å². The van der Waals surface area contributed by atoms with Crippen LogP contribution >= 0.6 is 0 Å². The number of amides is 1. The van der Waals surface area contributed by atoms with E-state index in [1.54, 1.807) is 37.9 Å². The number of ether oxygens (including phenoxy) is 1. The van der Waals surface area contributed by atoms with Crippen LogP contribution in [0.15, 0.2) is 35.2 Å². The summed E-state index contributed by atoms with van der Waals surface area (Å²) in [6, 6.07) is 9.66. The van der Waals surface area contributed by atoms with Crippen molar-refractivity contribution >= 4 is 21.7 Å². The van der Waals surface area contributed by atoms with Gasteiger partial charge in [-0.05, 0) is 67.3 Å². The van der Waals surface area contributed by atoms with Gasteiger partial charge in [0.05, 0.1) is 18.6 Å². The molecule has 1 heterocycles. The first-order valence-electron chi connectivity index (χ1n) is 12.1. The molecule has 0 bridgehead atoms. The number of nitrogens with zero attached hydrogens (tertiary/aromatic N) is 3. The van der Waals surface area contributed by atoms with Crippen LogP contribution in [0.4, 0.5) is 0 Å². The number of sulfonamides is 1. The fourth-order valence-electron chi connectivity index (χ4n) is 4.65. The molecular formula is C27H37N3O5S. The van der Waals surface area contributed by atoms with E-state index >= 15 is 0 Å². The summed E-state index contributed by atoms with van der Waals surface area (Å²) in [5.41, 5.74) is 4.82. The van der Waals surface area contributed by atoms with Gasteiger partial charge in [0.1, 0.15) is 11.5 Å². The van der Waals surface area contributed by atoms with Crippen LogP contribution in [0.5, 0.6) is 5.75 Å². The summed E-state index contributed by atoms with van der Waals surface area (Å²) in [5.74, 6) is 0.131. The highest BCUT2D eigenvalue weighted by molar-refractivity contribution is 7.89. The normalized spacial score (nSPS) is 14.0. The van der Waals surface area contributed by atoms with Crippen molar-refractivity contribution in [2.75, 3.05) is 41.3 Å². The van der Waals surface area contributed by atoms with Gasteiger partial charge in [0, 0.05) is 46.6 Å². The minimum atomic E-state index is -3.87. The Morgan fingerprint density at radius 2 is 1.69 bits per heavy atom. The van der Waals surface area contributed by atoms with E-state index in [0.29, 0.717) is 23.4 Å². The molecule has 0 aromatic heterocycles. The first-order chi connectivity index (χ1) is 16.9. The van der Waals surface area contributed by atoms with E-state index in [4.69, 9.17) is 4.74 Å². The summed E-state index contributed by atoms with van der Waals surface area (Å²) in [6.07, 6.45) is 1.03. The maximum absolute atomic E-state index is 13.1. The molecule has 0 fully saturated rings. The molecule has 1 aliphatic heterocycles. The molecule has 0 spiro atoms. The van der Waals surface area contributed by atoms with Crippen LogP contribution in [0.3, 0.4) is 0 Å². The second-order valence-electron chi connectivity index (χ2n) is 9.73. The van der Waals surface area contributed by atoms with Crippen molar-refractivity contribution in [3.63, 3.8) is 0 Å². The molecule has 0 unspecified atom stereocenters. The van der Waals surface area contributed by atoms with Gasteiger partial charge in [0.2, 0.25) is 15.9 Å². The van der Waals surface area contributed by atoms with Crippen molar-refractivity contribution < 1.29 is 22.7 Å². The summed E-state index contributed by atoms with van der Waals surface area (Å²) in [4.78, 5) is 29.3. The number of Topliss-reactive ketones (excluding diaryl/α,β-unsaturated/α-hetero) is 1. The molecule has 9 heteroatoms. The zero-order chi connectivity index (χ0) is 26.6. The Balaban J connectivity index is 1.55. The molecule has 0 aliphatic carbocycles. The van der Waals surface area contributed by atoms with E-state index in [1.807, 2.05) is 0 Å². The van der Waals surface area contributed by atoms with E-state index < -0.39 is 10.0 Å². The predicted molar refractivity (Wildman–Crippen MR) is 139 cm³/mol. The molecule has 2 aromatic rings. The van der Waals surface area contributed by atoms with Gasteiger partial charge < -0.3 is 14.5 Å². The minimum absolute atomic E-state index is 0.0138. The average molecular weight is 516 g/mol. The highest BCUT2D eigenvalue weighted by Crippen LogP contribution is 2.28. The second-order valence-corrected chi connectivity index (χ2v) is 11.7. The Morgan fingerprint density at radius 1 is 1.03 bits per heavy atom. The average Bonchev–Trinajstić information content (AvgIpc) is 2.81. The lowest BCUT2D eigenvalue weighted by Crippen LogP contribution is -2.34. The number of fused-ring (bicyclic) bond motifs is 1. The quantitative estimate of drug-likeness (QED) is 0.484. The first-order valence-corrected chi connectivity index (χ1v) is 13.5. The molecule has 1 amide bonds. The maximum Gasteiger partial charge on any atom is 0.243 e. The monoisotopic (exact) mass is 515 g/mol. The van der Waals surface area contributed by atoms with Crippen LogP contribution in [0.25, 0.3) is 0 Å². The lowest BCUT2D eigenvalue weighted by atomic mass is 9.97. The second kappa shape index (κ2) is 11.5. The minimum Gasteiger partial charge on any atom is -0.497 e. The van der Waals surface area contributed by atoms with Gasteiger partial charge in [-0.1, -0.05) is 18.2 Å². The van der Waals surface area contributed by atoms with Crippen LogP contribution < -0.4 is 4.74 Å². The molecule has 3 rings (SSSR count). The molecule has 0 N–H and O–H groups in total. The lowest BCUT2D eigenvalue weighted by Gasteiger charge is -2.26. The van der Waals surface area contributed by atoms with Crippen molar-refractivity contribution in [2.24, 2.45) is 0 Å². The zero-order valence-electron chi connectivity index (χ0n) is 22.1. The molecule has 0 saturated carbocycles. The van der Waals surface area contributed by atoms with Crippen molar-refractivity contribution in [1.82, 2.24) is 14.1 Å². The summed E-state index contributed by atoms with van der Waals surface area (Å²) in [6.45, 7) is 5.55. The molecule has 196 valence electrons. The molecule has 36 heavy (non-hydrogen) atoms. The van der Waals surface area contributed by atoms with Gasteiger partial charge in [-0.25, -0.2) is 8.42 Å². The number of carbonyl (C=O) groups is 2. The standard InChI is InChI=1S/C27H37N3O5S/c1-19-13-25(35-6)14-20(2)27(19)36(33,34)30(5)18-24(31)9-10-26(32)29(4)16-21-7-8-23-17-28(3)12-11-22(23)15-21/h7-8,13-15H,9-12,16-18H2,1-6H3. The number of aryl methyl sites for hydroxylation is 2. The Bertz CT molecular complexity index is 1220. The molecule has 1 aliphatic rings. The number of likely N-dealkylation sites (N-methyl/N-ethyl adjacent to an activating group) is 2.